The van der Waals surface area contributed by atoms with Crippen LogP contribution in [0.3, 0.4) is 0 Å². The van der Waals surface area contributed by atoms with Crippen LogP contribution in [0.4, 0.5) is 17.2 Å². The number of rotatable bonds is 4. The lowest BCUT2D eigenvalue weighted by atomic mass is 10.1. The number of nitrogens with zero attached hydrogens (tertiary/aromatic N) is 3. The largest absolute Gasteiger partial charge is 0.399 e. The third-order valence-corrected chi connectivity index (χ3v) is 6.40. The lowest BCUT2D eigenvalue weighted by Crippen LogP contribution is -2.27. The number of benzene rings is 2. The van der Waals surface area contributed by atoms with E-state index in [0.29, 0.717) is 11.5 Å². The third-order valence-electron chi connectivity index (χ3n) is 6.40. The fraction of sp³-hybridized carbons (Fsp3) is 0.308. The molecule has 3 N–H and O–H groups in total. The summed E-state index contributed by atoms with van der Waals surface area (Å²) in [6.07, 6.45) is 2.78. The first-order chi connectivity index (χ1) is 16.4. The zero-order chi connectivity index (χ0) is 23.4. The van der Waals surface area contributed by atoms with Crippen molar-refractivity contribution >= 4 is 28.2 Å². The van der Waals surface area contributed by atoms with Crippen molar-refractivity contribution in [2.75, 3.05) is 11.1 Å². The molecule has 34 heavy (non-hydrogen) atoms. The van der Waals surface area contributed by atoms with Crippen LogP contribution >= 0.6 is 0 Å². The van der Waals surface area contributed by atoms with Gasteiger partial charge in [0.25, 0.3) is 0 Å². The first-order valence-electron chi connectivity index (χ1n) is 11.4. The average molecular weight is 458 g/mol. The second-order valence-corrected chi connectivity index (χ2v) is 9.28. The molecule has 0 bridgehead atoms. The van der Waals surface area contributed by atoms with Gasteiger partial charge >= 0.3 is 0 Å². The summed E-state index contributed by atoms with van der Waals surface area (Å²) < 4.78 is 20.8. The molecule has 6 rings (SSSR count). The van der Waals surface area contributed by atoms with Gasteiger partial charge in [-0.15, -0.1) is 0 Å². The second kappa shape index (κ2) is 7.80. The summed E-state index contributed by atoms with van der Waals surface area (Å²) in [4.78, 5) is 9.27. The van der Waals surface area contributed by atoms with Crippen LogP contribution in [-0.4, -0.2) is 38.6 Å². The van der Waals surface area contributed by atoms with Gasteiger partial charge in [0, 0.05) is 23.1 Å². The molecule has 8 heteroatoms. The number of aromatic nitrogens is 3. The molecular formula is C26H27N5O3. The minimum absolute atomic E-state index is 0.108. The van der Waals surface area contributed by atoms with Gasteiger partial charge in [-0.05, 0) is 50.6 Å². The Bertz CT molecular complexity index is 1340. The van der Waals surface area contributed by atoms with Crippen molar-refractivity contribution in [3.05, 3.63) is 67.1 Å². The molecule has 0 unspecified atom stereocenters. The molecule has 4 heterocycles. The van der Waals surface area contributed by atoms with Crippen molar-refractivity contribution in [2.24, 2.45) is 0 Å². The topological polar surface area (TPSA) is 96.5 Å². The lowest BCUT2D eigenvalue weighted by molar-refractivity contribution is -0.194. The smallest absolute Gasteiger partial charge is 0.164 e. The summed E-state index contributed by atoms with van der Waals surface area (Å²) in [6.45, 7) is 5.90. The van der Waals surface area contributed by atoms with E-state index in [1.54, 1.807) is 6.33 Å². The molecule has 0 spiro atoms. The van der Waals surface area contributed by atoms with Gasteiger partial charge in [0.15, 0.2) is 12.0 Å². The third kappa shape index (κ3) is 3.51. The van der Waals surface area contributed by atoms with Gasteiger partial charge < -0.3 is 29.8 Å². The Labute approximate surface area is 197 Å². The minimum Gasteiger partial charge on any atom is -0.399 e. The van der Waals surface area contributed by atoms with Crippen molar-refractivity contribution in [3.63, 3.8) is 0 Å². The molecule has 2 aliphatic heterocycles. The zero-order valence-corrected chi connectivity index (χ0v) is 19.3. The Morgan fingerprint density at radius 1 is 0.971 bits per heavy atom. The van der Waals surface area contributed by atoms with E-state index in [0.717, 1.165) is 27.8 Å². The number of fused-ring (bicyclic) bond motifs is 2. The first-order valence-corrected chi connectivity index (χ1v) is 11.4. The number of hydrogen-bond acceptors (Lipinski definition) is 7. The number of nitrogens with one attached hydrogen (secondary N) is 1. The van der Waals surface area contributed by atoms with E-state index in [1.807, 2.05) is 63.2 Å². The predicted molar refractivity (Wildman–Crippen MR) is 131 cm³/mol. The molecule has 0 amide bonds. The summed E-state index contributed by atoms with van der Waals surface area (Å²) in [6, 6.07) is 17.8. The van der Waals surface area contributed by atoms with Crippen molar-refractivity contribution in [3.8, 4) is 11.1 Å². The van der Waals surface area contributed by atoms with E-state index < -0.39 is 5.79 Å². The Balaban J connectivity index is 1.51. The fourth-order valence-electron chi connectivity index (χ4n) is 4.91. The van der Waals surface area contributed by atoms with Crippen LogP contribution in [-0.2, 0) is 14.2 Å². The molecule has 0 radical (unpaired) electrons. The molecule has 2 saturated heterocycles. The lowest BCUT2D eigenvalue weighted by Gasteiger charge is -2.24. The van der Waals surface area contributed by atoms with Crippen molar-refractivity contribution in [1.82, 2.24) is 14.5 Å². The van der Waals surface area contributed by atoms with Crippen molar-refractivity contribution < 1.29 is 14.2 Å². The molecule has 4 atom stereocenters. The summed E-state index contributed by atoms with van der Waals surface area (Å²) in [7, 11) is 0. The number of anilines is 3. The van der Waals surface area contributed by atoms with Crippen LogP contribution in [0.15, 0.2) is 67.1 Å². The predicted octanol–water partition coefficient (Wildman–Crippen LogP) is 4.86. The highest BCUT2D eigenvalue weighted by molar-refractivity contribution is 6.02. The van der Waals surface area contributed by atoms with E-state index in [4.69, 9.17) is 19.9 Å². The quantitative estimate of drug-likeness (QED) is 0.422. The van der Waals surface area contributed by atoms with E-state index in [-0.39, 0.29) is 24.5 Å². The van der Waals surface area contributed by atoms with Gasteiger partial charge in [0.05, 0.1) is 11.5 Å². The second-order valence-electron chi connectivity index (χ2n) is 9.28. The number of nitrogen functional groups attached to an aromatic ring is 1. The molecule has 0 aliphatic carbocycles. The molecular weight excluding hydrogens is 430 g/mol. The highest BCUT2D eigenvalue weighted by atomic mass is 16.8. The molecule has 4 aromatic rings. The normalized spacial score (nSPS) is 25.5. The monoisotopic (exact) mass is 457 g/mol. The van der Waals surface area contributed by atoms with Crippen molar-refractivity contribution in [2.45, 2.75) is 51.1 Å². The van der Waals surface area contributed by atoms with Crippen molar-refractivity contribution in [1.29, 1.82) is 0 Å². The Kier molecular flexibility index (Phi) is 4.84. The van der Waals surface area contributed by atoms with Gasteiger partial charge in [-0.1, -0.05) is 30.3 Å². The van der Waals surface area contributed by atoms with Crippen LogP contribution in [0.1, 0.15) is 27.0 Å². The van der Waals surface area contributed by atoms with Crippen LogP contribution < -0.4 is 11.1 Å². The molecule has 174 valence electrons. The minimum atomic E-state index is -0.659. The molecule has 2 fully saturated rings. The van der Waals surface area contributed by atoms with Gasteiger partial charge in [-0.3, -0.25) is 0 Å². The summed E-state index contributed by atoms with van der Waals surface area (Å²) in [5, 5.41) is 4.35. The molecule has 2 aromatic heterocycles. The van der Waals surface area contributed by atoms with Crippen LogP contribution in [0.2, 0.25) is 0 Å². The number of nitrogens with two attached hydrogens (primary N) is 1. The maximum Gasteiger partial charge on any atom is 0.164 e. The van der Waals surface area contributed by atoms with E-state index in [9.17, 15) is 0 Å². The highest BCUT2D eigenvalue weighted by Crippen LogP contribution is 2.45. The Hall–Kier alpha value is -3.46. The van der Waals surface area contributed by atoms with E-state index >= 15 is 0 Å². The maximum absolute atomic E-state index is 6.35. The average Bonchev–Trinajstić information content (AvgIpc) is 3.46. The Morgan fingerprint density at radius 2 is 1.71 bits per heavy atom. The van der Waals surface area contributed by atoms with Gasteiger partial charge in [0.1, 0.15) is 30.0 Å². The number of ether oxygens (including phenoxy) is 3. The van der Waals surface area contributed by atoms with Gasteiger partial charge in [-0.25, -0.2) is 9.97 Å². The van der Waals surface area contributed by atoms with E-state index in [2.05, 4.69) is 38.2 Å². The molecule has 2 aromatic carbocycles. The van der Waals surface area contributed by atoms with E-state index in [1.165, 1.54) is 0 Å². The molecule has 8 nitrogen and oxygen atoms in total. The Morgan fingerprint density at radius 3 is 2.47 bits per heavy atom. The summed E-state index contributed by atoms with van der Waals surface area (Å²) >= 11 is 0. The number of hydrogen-bond donors (Lipinski definition) is 2. The first kappa shape index (κ1) is 21.1. The van der Waals surface area contributed by atoms with Crippen LogP contribution in [0, 0.1) is 0 Å². The van der Waals surface area contributed by atoms with Gasteiger partial charge in [-0.2, -0.15) is 0 Å². The molecule has 0 saturated carbocycles. The summed E-state index contributed by atoms with van der Waals surface area (Å²) in [5.74, 6) is 0.0483. The standard InChI is InChI=1S/C26H27N5O3/c1-15-21-22(34-26(2,3)33-21)25(32-15)31-13-19(16-7-5-4-6-8-16)20-23(28-14-29-24(20)31)30-18-11-9-17(27)10-12-18/h4-15,21-22,25H,27H2,1-3H3,(H,28,29,30)/t15-,21-,22-,25-/m1/s1. The van der Waals surface area contributed by atoms with Gasteiger partial charge in [0.2, 0.25) is 0 Å². The zero-order valence-electron chi connectivity index (χ0n) is 19.3. The maximum atomic E-state index is 6.35. The molecule has 2 aliphatic rings. The highest BCUT2D eigenvalue weighted by Gasteiger charge is 2.54. The fourth-order valence-corrected chi connectivity index (χ4v) is 4.91. The van der Waals surface area contributed by atoms with Crippen LogP contribution in [0.5, 0.6) is 0 Å². The SMILES string of the molecule is C[C@H]1O[C@@H](n2cc(-c3ccccc3)c3c(Nc4ccc(N)cc4)ncnc32)[C@@H]2OC(C)(C)O[C@@H]21. The summed E-state index contributed by atoms with van der Waals surface area (Å²) in [5.41, 5.74) is 10.3. The van der Waals surface area contributed by atoms with Crippen LogP contribution in [0.25, 0.3) is 22.2 Å².